The fourth-order valence-corrected chi connectivity index (χ4v) is 1.64. The molecule has 1 saturated heterocycles. The van der Waals surface area contributed by atoms with Crippen LogP contribution in [0.15, 0.2) is 6.33 Å². The molecule has 1 unspecified atom stereocenters. The molecule has 16 heavy (non-hydrogen) atoms. The first-order chi connectivity index (χ1) is 7.53. The van der Waals surface area contributed by atoms with Gasteiger partial charge in [0.15, 0.2) is 0 Å². The number of aromatic nitrogens is 3. The number of nitrogens with two attached hydrogens (primary N) is 1. The minimum Gasteiger partial charge on any atom is -0.480 e. The first-order valence-corrected chi connectivity index (χ1v) is 4.70. The van der Waals surface area contributed by atoms with Crippen molar-refractivity contribution in [2.45, 2.75) is 12.0 Å². The Morgan fingerprint density at radius 2 is 2.38 bits per heavy atom. The number of carbonyl (C=O) groups excluding carboxylic acids is 1. The highest BCUT2D eigenvalue weighted by Crippen LogP contribution is 2.20. The predicted molar refractivity (Wildman–Crippen MR) is 51.5 cm³/mol. The van der Waals surface area contributed by atoms with Gasteiger partial charge in [0.25, 0.3) is 5.91 Å². The molecule has 1 aliphatic rings. The number of hydrogen-bond donors (Lipinski definition) is 3. The van der Waals surface area contributed by atoms with Gasteiger partial charge in [-0.15, -0.1) is 0 Å². The van der Waals surface area contributed by atoms with Crippen LogP contribution in [0.5, 0.6) is 0 Å². The van der Waals surface area contributed by atoms with Gasteiger partial charge >= 0.3 is 5.97 Å². The number of hydrogen-bond acceptors (Lipinski definition) is 5. The van der Waals surface area contributed by atoms with Crippen molar-refractivity contribution in [1.82, 2.24) is 20.1 Å². The SMILES string of the molecule is NC1(C(=O)O)CCN(C(=O)c2ncn[nH]2)C1. The molecule has 2 heterocycles. The van der Waals surface area contributed by atoms with Crippen molar-refractivity contribution in [2.24, 2.45) is 5.73 Å². The lowest BCUT2D eigenvalue weighted by Gasteiger charge is -2.19. The Hall–Kier alpha value is -1.96. The first-order valence-electron chi connectivity index (χ1n) is 4.70. The Morgan fingerprint density at radius 1 is 1.62 bits per heavy atom. The van der Waals surface area contributed by atoms with Gasteiger partial charge in [0.05, 0.1) is 0 Å². The zero-order valence-corrected chi connectivity index (χ0v) is 8.38. The van der Waals surface area contributed by atoms with E-state index in [2.05, 4.69) is 15.2 Å². The second-order valence-corrected chi connectivity index (χ2v) is 3.77. The Bertz CT molecular complexity index is 417. The molecule has 4 N–H and O–H groups in total. The van der Waals surface area contributed by atoms with E-state index in [9.17, 15) is 9.59 Å². The Morgan fingerprint density at radius 3 is 2.88 bits per heavy atom. The number of rotatable bonds is 2. The summed E-state index contributed by atoms with van der Waals surface area (Å²) in [4.78, 5) is 27.7. The van der Waals surface area contributed by atoms with Gasteiger partial charge in [-0.2, -0.15) is 5.10 Å². The molecule has 8 heteroatoms. The molecule has 1 amide bonds. The molecule has 2 rings (SSSR count). The average molecular weight is 225 g/mol. The molecular weight excluding hydrogens is 214 g/mol. The summed E-state index contributed by atoms with van der Waals surface area (Å²) < 4.78 is 0. The standard InChI is InChI=1S/C8H11N5O3/c9-8(7(15)16)1-2-13(3-8)6(14)5-10-4-11-12-5/h4H,1-3,9H2,(H,15,16)(H,10,11,12). The maximum Gasteiger partial charge on any atom is 0.325 e. The van der Waals surface area contributed by atoms with Crippen LogP contribution in [-0.4, -0.2) is 55.7 Å². The fourth-order valence-electron chi connectivity index (χ4n) is 1.64. The van der Waals surface area contributed by atoms with Crippen LogP contribution in [0.3, 0.4) is 0 Å². The molecule has 0 aliphatic carbocycles. The highest BCUT2D eigenvalue weighted by molar-refractivity contribution is 5.92. The molecular formula is C8H11N5O3. The van der Waals surface area contributed by atoms with Crippen LogP contribution in [0.1, 0.15) is 17.0 Å². The Labute approximate surface area is 90.4 Å². The van der Waals surface area contributed by atoms with E-state index >= 15 is 0 Å². The van der Waals surface area contributed by atoms with Crippen molar-refractivity contribution in [3.05, 3.63) is 12.2 Å². The van der Waals surface area contributed by atoms with Crippen molar-refractivity contribution in [3.8, 4) is 0 Å². The number of amides is 1. The number of carbonyl (C=O) groups is 2. The third kappa shape index (κ3) is 1.63. The molecule has 0 saturated carbocycles. The zero-order chi connectivity index (χ0) is 11.8. The van der Waals surface area contributed by atoms with E-state index in [1.165, 1.54) is 11.2 Å². The fraction of sp³-hybridized carbons (Fsp3) is 0.500. The largest absolute Gasteiger partial charge is 0.480 e. The van der Waals surface area contributed by atoms with Gasteiger partial charge in [-0.25, -0.2) is 4.98 Å². The van der Waals surface area contributed by atoms with Gasteiger partial charge in [0.2, 0.25) is 5.82 Å². The molecule has 1 atom stereocenters. The normalized spacial score (nSPS) is 24.7. The van der Waals surface area contributed by atoms with Crippen molar-refractivity contribution >= 4 is 11.9 Å². The minimum absolute atomic E-state index is 0.0120. The zero-order valence-electron chi connectivity index (χ0n) is 8.38. The molecule has 1 aromatic heterocycles. The molecule has 86 valence electrons. The van der Waals surface area contributed by atoms with E-state index in [1.807, 2.05) is 0 Å². The number of H-pyrrole nitrogens is 1. The molecule has 8 nitrogen and oxygen atoms in total. The van der Waals surface area contributed by atoms with Crippen LogP contribution in [-0.2, 0) is 4.79 Å². The predicted octanol–water partition coefficient (Wildman–Crippen LogP) is -1.57. The van der Waals surface area contributed by atoms with Gasteiger partial charge in [-0.05, 0) is 6.42 Å². The van der Waals surface area contributed by atoms with E-state index in [4.69, 9.17) is 10.8 Å². The Kier molecular flexibility index (Phi) is 2.35. The smallest absolute Gasteiger partial charge is 0.325 e. The number of nitrogens with one attached hydrogen (secondary N) is 1. The third-order valence-corrected chi connectivity index (χ3v) is 2.63. The topological polar surface area (TPSA) is 125 Å². The molecule has 1 fully saturated rings. The number of aromatic amines is 1. The second kappa shape index (κ2) is 3.56. The van der Waals surface area contributed by atoms with Crippen molar-refractivity contribution in [1.29, 1.82) is 0 Å². The summed E-state index contributed by atoms with van der Waals surface area (Å²) in [6.07, 6.45) is 1.46. The van der Waals surface area contributed by atoms with Gasteiger partial charge in [0, 0.05) is 13.1 Å². The molecule has 0 radical (unpaired) electrons. The van der Waals surface area contributed by atoms with Crippen molar-refractivity contribution < 1.29 is 14.7 Å². The van der Waals surface area contributed by atoms with Gasteiger partial charge < -0.3 is 15.7 Å². The maximum atomic E-state index is 11.8. The summed E-state index contributed by atoms with van der Waals surface area (Å²) in [6, 6.07) is 0. The van der Waals surface area contributed by atoms with E-state index in [1.54, 1.807) is 0 Å². The summed E-state index contributed by atoms with van der Waals surface area (Å²) in [5.74, 6) is -1.39. The van der Waals surface area contributed by atoms with Crippen LogP contribution in [0, 0.1) is 0 Å². The lowest BCUT2D eigenvalue weighted by Crippen LogP contribution is -2.50. The van der Waals surface area contributed by atoms with Crippen molar-refractivity contribution in [2.75, 3.05) is 13.1 Å². The lowest BCUT2D eigenvalue weighted by molar-refractivity contribution is -0.142. The third-order valence-electron chi connectivity index (χ3n) is 2.63. The number of carboxylic acids is 1. The van der Waals surface area contributed by atoms with Gasteiger partial charge in [0.1, 0.15) is 11.9 Å². The molecule has 0 aromatic carbocycles. The Balaban J connectivity index is 2.10. The minimum atomic E-state index is -1.35. The van der Waals surface area contributed by atoms with Crippen LogP contribution < -0.4 is 5.73 Å². The maximum absolute atomic E-state index is 11.8. The van der Waals surface area contributed by atoms with E-state index in [0.29, 0.717) is 6.54 Å². The monoisotopic (exact) mass is 225 g/mol. The van der Waals surface area contributed by atoms with Gasteiger partial charge in [-0.3, -0.25) is 14.7 Å². The van der Waals surface area contributed by atoms with E-state index in [0.717, 1.165) is 0 Å². The second-order valence-electron chi connectivity index (χ2n) is 3.77. The van der Waals surface area contributed by atoms with Crippen molar-refractivity contribution in [3.63, 3.8) is 0 Å². The molecule has 1 aliphatic heterocycles. The highest BCUT2D eigenvalue weighted by atomic mass is 16.4. The average Bonchev–Trinajstić information content (AvgIpc) is 2.85. The van der Waals surface area contributed by atoms with Crippen LogP contribution in [0.4, 0.5) is 0 Å². The summed E-state index contributed by atoms with van der Waals surface area (Å²) in [7, 11) is 0. The lowest BCUT2D eigenvalue weighted by atomic mass is 10.0. The number of aliphatic carboxylic acids is 1. The van der Waals surface area contributed by atoms with Crippen LogP contribution in [0.25, 0.3) is 0 Å². The quantitative estimate of drug-likeness (QED) is 0.558. The summed E-state index contributed by atoms with van der Waals surface area (Å²) in [6.45, 7) is 0.296. The van der Waals surface area contributed by atoms with Gasteiger partial charge in [-0.1, -0.05) is 0 Å². The summed E-state index contributed by atoms with van der Waals surface area (Å²) >= 11 is 0. The highest BCUT2D eigenvalue weighted by Gasteiger charge is 2.43. The van der Waals surface area contributed by atoms with E-state index in [-0.39, 0.29) is 24.7 Å². The molecule has 0 bridgehead atoms. The summed E-state index contributed by atoms with van der Waals surface area (Å²) in [5, 5.41) is 14.9. The molecule has 0 spiro atoms. The number of likely N-dealkylation sites (tertiary alicyclic amines) is 1. The van der Waals surface area contributed by atoms with Crippen LogP contribution in [0.2, 0.25) is 0 Å². The molecule has 1 aromatic rings. The summed E-state index contributed by atoms with van der Waals surface area (Å²) in [5.41, 5.74) is 4.29. The van der Waals surface area contributed by atoms with Crippen LogP contribution >= 0.6 is 0 Å². The van der Waals surface area contributed by atoms with E-state index < -0.39 is 11.5 Å². The number of nitrogens with zero attached hydrogens (tertiary/aromatic N) is 3. The number of carboxylic acid groups (broad SMARTS) is 1. The first kappa shape index (κ1) is 10.6.